The lowest BCUT2D eigenvalue weighted by atomic mass is 10.0. The summed E-state index contributed by atoms with van der Waals surface area (Å²) in [5.41, 5.74) is 0. The van der Waals surface area contributed by atoms with Crippen LogP contribution in [0.25, 0.3) is 0 Å². The van der Waals surface area contributed by atoms with Gasteiger partial charge in [-0.3, -0.25) is 4.79 Å². The maximum atomic E-state index is 11.3. The fourth-order valence-corrected chi connectivity index (χ4v) is 2.07. The Bertz CT molecular complexity index is 295. The van der Waals surface area contributed by atoms with Gasteiger partial charge >= 0.3 is 5.97 Å². The van der Waals surface area contributed by atoms with Gasteiger partial charge in [0.1, 0.15) is 18.3 Å². The SMILES string of the molecule is C/C=C/[C@@H]1OC(=O)C[C@@H]2OC(C)(C)O[C@H]12. The molecule has 0 aliphatic carbocycles. The molecule has 15 heavy (non-hydrogen) atoms. The van der Waals surface area contributed by atoms with Gasteiger partial charge in [-0.1, -0.05) is 6.08 Å². The summed E-state index contributed by atoms with van der Waals surface area (Å²) in [6.07, 6.45) is 3.30. The first-order chi connectivity index (χ1) is 7.02. The number of hydrogen-bond donors (Lipinski definition) is 0. The van der Waals surface area contributed by atoms with Crippen molar-refractivity contribution in [3.63, 3.8) is 0 Å². The van der Waals surface area contributed by atoms with Gasteiger partial charge in [-0.15, -0.1) is 0 Å². The standard InChI is InChI=1S/C11H16O4/c1-4-5-7-10-8(6-9(12)13-7)14-11(2,3)15-10/h4-5,7-8,10H,6H2,1-3H3/b5-4+/t7-,8-,10+/m0/s1. The highest BCUT2D eigenvalue weighted by Gasteiger charge is 2.49. The summed E-state index contributed by atoms with van der Waals surface area (Å²) in [5, 5.41) is 0. The number of hydrogen-bond acceptors (Lipinski definition) is 4. The molecule has 0 bridgehead atoms. The predicted molar refractivity (Wildman–Crippen MR) is 53.1 cm³/mol. The van der Waals surface area contributed by atoms with Gasteiger partial charge in [0.05, 0.1) is 6.42 Å². The van der Waals surface area contributed by atoms with Crippen LogP contribution >= 0.6 is 0 Å². The molecule has 0 amide bonds. The second kappa shape index (κ2) is 3.61. The molecule has 2 fully saturated rings. The smallest absolute Gasteiger partial charge is 0.309 e. The summed E-state index contributed by atoms with van der Waals surface area (Å²) in [5.74, 6) is -0.844. The van der Waals surface area contributed by atoms with Crippen molar-refractivity contribution >= 4 is 5.97 Å². The lowest BCUT2D eigenvalue weighted by Crippen LogP contribution is -2.43. The van der Waals surface area contributed by atoms with Crippen molar-refractivity contribution in [1.29, 1.82) is 0 Å². The maximum absolute atomic E-state index is 11.3. The van der Waals surface area contributed by atoms with E-state index in [0.29, 0.717) is 0 Å². The van der Waals surface area contributed by atoms with Crippen molar-refractivity contribution in [3.05, 3.63) is 12.2 Å². The third kappa shape index (κ3) is 2.06. The Morgan fingerprint density at radius 3 is 2.80 bits per heavy atom. The van der Waals surface area contributed by atoms with Crippen molar-refractivity contribution in [3.8, 4) is 0 Å². The van der Waals surface area contributed by atoms with Crippen LogP contribution in [0.3, 0.4) is 0 Å². The monoisotopic (exact) mass is 212 g/mol. The summed E-state index contributed by atoms with van der Waals surface area (Å²) < 4.78 is 16.6. The van der Waals surface area contributed by atoms with E-state index in [4.69, 9.17) is 14.2 Å². The molecule has 0 aromatic heterocycles. The number of carbonyl (C=O) groups is 1. The molecule has 2 heterocycles. The number of fused-ring (bicyclic) bond motifs is 1. The fraction of sp³-hybridized carbons (Fsp3) is 0.727. The van der Waals surface area contributed by atoms with E-state index >= 15 is 0 Å². The zero-order valence-electron chi connectivity index (χ0n) is 9.23. The molecule has 3 atom stereocenters. The van der Waals surface area contributed by atoms with Gasteiger partial charge in [-0.2, -0.15) is 0 Å². The zero-order valence-corrected chi connectivity index (χ0v) is 9.23. The highest BCUT2D eigenvalue weighted by Crippen LogP contribution is 2.35. The van der Waals surface area contributed by atoms with Crippen LogP contribution < -0.4 is 0 Å². The molecular formula is C11H16O4. The van der Waals surface area contributed by atoms with Crippen LogP contribution in [0.4, 0.5) is 0 Å². The molecule has 0 aromatic carbocycles. The molecule has 84 valence electrons. The van der Waals surface area contributed by atoms with E-state index in [1.54, 1.807) is 0 Å². The minimum Gasteiger partial charge on any atom is -0.455 e. The topological polar surface area (TPSA) is 44.8 Å². The number of ether oxygens (including phenoxy) is 3. The van der Waals surface area contributed by atoms with Gasteiger partial charge in [-0.05, 0) is 26.8 Å². The van der Waals surface area contributed by atoms with Crippen molar-refractivity contribution in [2.75, 3.05) is 0 Å². The van der Waals surface area contributed by atoms with Crippen LogP contribution in [0, 0.1) is 0 Å². The highest BCUT2D eigenvalue weighted by atomic mass is 16.8. The van der Waals surface area contributed by atoms with Gasteiger partial charge in [0.15, 0.2) is 5.79 Å². The first kappa shape index (κ1) is 10.6. The van der Waals surface area contributed by atoms with Gasteiger partial charge in [0.2, 0.25) is 0 Å². The number of esters is 1. The molecule has 2 rings (SSSR count). The lowest BCUT2D eigenvalue weighted by molar-refractivity contribution is -0.164. The number of carbonyl (C=O) groups excluding carboxylic acids is 1. The lowest BCUT2D eigenvalue weighted by Gasteiger charge is -2.28. The highest BCUT2D eigenvalue weighted by molar-refractivity contribution is 5.71. The Morgan fingerprint density at radius 2 is 2.13 bits per heavy atom. The van der Waals surface area contributed by atoms with Crippen LogP contribution in [0.15, 0.2) is 12.2 Å². The largest absolute Gasteiger partial charge is 0.455 e. The van der Waals surface area contributed by atoms with E-state index in [1.165, 1.54) is 0 Å². The molecule has 4 heteroatoms. The molecule has 0 spiro atoms. The summed E-state index contributed by atoms with van der Waals surface area (Å²) in [7, 11) is 0. The average Bonchev–Trinajstić information content (AvgIpc) is 2.40. The van der Waals surface area contributed by atoms with E-state index in [1.807, 2.05) is 32.9 Å². The first-order valence-electron chi connectivity index (χ1n) is 5.20. The maximum Gasteiger partial charge on any atom is 0.309 e. The van der Waals surface area contributed by atoms with Crippen LogP contribution in [-0.4, -0.2) is 30.1 Å². The Balaban J connectivity index is 2.17. The molecule has 4 nitrogen and oxygen atoms in total. The van der Waals surface area contributed by atoms with Crippen molar-refractivity contribution in [1.82, 2.24) is 0 Å². The zero-order chi connectivity index (χ0) is 11.1. The number of rotatable bonds is 1. The Hall–Kier alpha value is -0.870. The van der Waals surface area contributed by atoms with E-state index < -0.39 is 5.79 Å². The van der Waals surface area contributed by atoms with E-state index in [0.717, 1.165) is 0 Å². The Labute approximate surface area is 89.2 Å². The third-order valence-corrected chi connectivity index (χ3v) is 2.56. The number of allylic oxidation sites excluding steroid dienone is 1. The quantitative estimate of drug-likeness (QED) is 0.487. The summed E-state index contributed by atoms with van der Waals surface area (Å²) in [6, 6.07) is 0. The van der Waals surface area contributed by atoms with Gasteiger partial charge in [-0.25, -0.2) is 0 Å². The minimum absolute atomic E-state index is 0.172. The second-order valence-corrected chi connectivity index (χ2v) is 4.32. The van der Waals surface area contributed by atoms with Crippen LogP contribution in [0.5, 0.6) is 0 Å². The minimum atomic E-state index is -0.622. The molecule has 0 unspecified atom stereocenters. The summed E-state index contributed by atoms with van der Waals surface area (Å²) in [4.78, 5) is 11.3. The van der Waals surface area contributed by atoms with Crippen LogP contribution in [0.2, 0.25) is 0 Å². The first-order valence-corrected chi connectivity index (χ1v) is 5.20. The molecule has 2 aliphatic rings. The fourth-order valence-electron chi connectivity index (χ4n) is 2.07. The Morgan fingerprint density at radius 1 is 1.40 bits per heavy atom. The van der Waals surface area contributed by atoms with Crippen molar-refractivity contribution in [2.45, 2.75) is 51.3 Å². The van der Waals surface area contributed by atoms with Gasteiger partial charge in [0.25, 0.3) is 0 Å². The third-order valence-electron chi connectivity index (χ3n) is 2.56. The molecule has 2 aliphatic heterocycles. The summed E-state index contributed by atoms with van der Waals surface area (Å²) in [6.45, 7) is 5.59. The summed E-state index contributed by atoms with van der Waals surface area (Å²) >= 11 is 0. The molecule has 0 saturated carbocycles. The second-order valence-electron chi connectivity index (χ2n) is 4.32. The van der Waals surface area contributed by atoms with E-state index in [2.05, 4.69) is 0 Å². The van der Waals surface area contributed by atoms with Crippen molar-refractivity contribution < 1.29 is 19.0 Å². The van der Waals surface area contributed by atoms with Crippen LogP contribution in [-0.2, 0) is 19.0 Å². The molecular weight excluding hydrogens is 196 g/mol. The predicted octanol–water partition coefficient (Wildman–Crippen LogP) is 1.40. The van der Waals surface area contributed by atoms with Crippen molar-refractivity contribution in [2.24, 2.45) is 0 Å². The van der Waals surface area contributed by atoms with E-state index in [9.17, 15) is 4.79 Å². The van der Waals surface area contributed by atoms with Gasteiger partial charge in [0, 0.05) is 0 Å². The average molecular weight is 212 g/mol. The van der Waals surface area contributed by atoms with Gasteiger partial charge < -0.3 is 14.2 Å². The molecule has 2 saturated heterocycles. The molecule has 0 radical (unpaired) electrons. The normalized spacial score (nSPS) is 39.1. The molecule has 0 N–H and O–H groups in total. The molecule has 0 aromatic rings. The van der Waals surface area contributed by atoms with E-state index in [-0.39, 0.29) is 30.7 Å². The number of cyclic esters (lactones) is 1. The van der Waals surface area contributed by atoms with Crippen LogP contribution in [0.1, 0.15) is 27.2 Å². The Kier molecular flexibility index (Phi) is 2.56.